The molecule has 0 unspecified atom stereocenters. The lowest BCUT2D eigenvalue weighted by molar-refractivity contribution is -0.128. The van der Waals surface area contributed by atoms with Crippen molar-refractivity contribution >= 4 is 22.6 Å². The summed E-state index contributed by atoms with van der Waals surface area (Å²) in [4.78, 5) is 42.5. The number of alkyl halides is 2. The van der Waals surface area contributed by atoms with Crippen LogP contribution in [0.25, 0.3) is 10.8 Å². The van der Waals surface area contributed by atoms with Crippen molar-refractivity contribution in [3.63, 3.8) is 0 Å². The fraction of sp³-hybridized carbons (Fsp3) is 0.528. The first-order chi connectivity index (χ1) is 23.0. The lowest BCUT2D eigenvalue weighted by Gasteiger charge is -2.43. The van der Waals surface area contributed by atoms with Gasteiger partial charge < -0.3 is 24.3 Å². The minimum atomic E-state index is -3.21. The van der Waals surface area contributed by atoms with Crippen LogP contribution in [-0.4, -0.2) is 77.0 Å². The largest absolute Gasteiger partial charge is 0.457 e. The molecule has 12 heteroatoms. The molecule has 0 spiro atoms. The SMILES string of the molecule is C[C@H]1CC(=O)N(Cc2cc(F)c(C(=O)N[C@@H]3CCN(C4CCOCC4)CC3(F)F)cc2Oc2ccc3c(=O)n(CC4CC4)ccc3c2)C1. The molecule has 9 nitrogen and oxygen atoms in total. The van der Waals surface area contributed by atoms with E-state index in [0.717, 1.165) is 18.9 Å². The highest BCUT2D eigenvalue weighted by Gasteiger charge is 2.47. The standard InChI is InChI=1S/C36H41F3N4O5/c1-22-14-33(44)43(18-22)20-25-16-30(37)29(34(45)40-32-7-11-42(21-36(32,38)39)26-8-12-47-13-9-26)17-31(25)48-27-4-5-28-24(15-27)6-10-41(35(28)46)19-23-2-3-23/h4-6,10,15-17,22-23,26,32H,2-3,7-9,11-14,18-21H2,1H3,(H,40,45)/t22-,32+/m0/s1. The molecular formula is C36H41F3N4O5. The Hall–Kier alpha value is -3.90. The van der Waals surface area contributed by atoms with E-state index in [4.69, 9.17) is 9.47 Å². The number of hydrogen-bond donors (Lipinski definition) is 1. The fourth-order valence-corrected chi connectivity index (χ4v) is 7.24. The van der Waals surface area contributed by atoms with E-state index in [0.29, 0.717) is 80.1 Å². The van der Waals surface area contributed by atoms with E-state index in [2.05, 4.69) is 5.32 Å². The maximum absolute atomic E-state index is 15.6. The quantitative estimate of drug-likeness (QED) is 0.332. The molecule has 2 amide bonds. The average molecular weight is 667 g/mol. The molecule has 1 aromatic heterocycles. The smallest absolute Gasteiger partial charge is 0.280 e. The van der Waals surface area contributed by atoms with Gasteiger partial charge in [0.25, 0.3) is 17.4 Å². The Balaban J connectivity index is 1.14. The van der Waals surface area contributed by atoms with Gasteiger partial charge in [0.05, 0.1) is 18.2 Å². The number of amides is 2. The molecule has 3 saturated heterocycles. The number of halogens is 3. The summed E-state index contributed by atoms with van der Waals surface area (Å²) in [5.41, 5.74) is -0.188. The summed E-state index contributed by atoms with van der Waals surface area (Å²) in [6.45, 7) is 4.16. The molecule has 4 aliphatic rings. The monoisotopic (exact) mass is 666 g/mol. The number of benzene rings is 2. The number of carbonyl (C=O) groups excluding carboxylic acids is 2. The average Bonchev–Trinajstić information content (AvgIpc) is 3.82. The Morgan fingerprint density at radius 2 is 1.85 bits per heavy atom. The van der Waals surface area contributed by atoms with Gasteiger partial charge in [-0.2, -0.15) is 0 Å². The van der Waals surface area contributed by atoms with E-state index < -0.39 is 35.8 Å². The predicted molar refractivity (Wildman–Crippen MR) is 173 cm³/mol. The number of fused-ring (bicyclic) bond motifs is 1. The maximum atomic E-state index is 15.6. The van der Waals surface area contributed by atoms with E-state index in [1.165, 1.54) is 6.07 Å². The zero-order valence-electron chi connectivity index (χ0n) is 27.1. The third kappa shape index (κ3) is 6.96. The second-order valence-corrected chi connectivity index (χ2v) is 14.0. The lowest BCUT2D eigenvalue weighted by Crippen LogP contribution is -2.60. The van der Waals surface area contributed by atoms with Crippen molar-refractivity contribution in [2.75, 3.05) is 32.8 Å². The van der Waals surface area contributed by atoms with Crippen LogP contribution in [0.5, 0.6) is 11.5 Å². The van der Waals surface area contributed by atoms with Gasteiger partial charge in [0.1, 0.15) is 17.3 Å². The molecule has 2 aromatic carbocycles. The number of likely N-dealkylation sites (tertiary alicyclic amines) is 2. The van der Waals surface area contributed by atoms with E-state index >= 15 is 13.2 Å². The highest BCUT2D eigenvalue weighted by atomic mass is 19.3. The Labute approximate surface area is 277 Å². The van der Waals surface area contributed by atoms with Crippen LogP contribution in [-0.2, 0) is 22.6 Å². The van der Waals surface area contributed by atoms with Gasteiger partial charge in [-0.25, -0.2) is 13.2 Å². The summed E-state index contributed by atoms with van der Waals surface area (Å²) in [5, 5.41) is 3.59. The summed E-state index contributed by atoms with van der Waals surface area (Å²) in [5.74, 6) is -4.00. The molecule has 1 aliphatic carbocycles. The Bertz CT molecular complexity index is 1770. The number of aromatic nitrogens is 1. The Kier molecular flexibility index (Phi) is 8.97. The second-order valence-electron chi connectivity index (χ2n) is 14.0. The van der Waals surface area contributed by atoms with Gasteiger partial charge in [0.2, 0.25) is 5.91 Å². The molecule has 4 heterocycles. The van der Waals surface area contributed by atoms with Gasteiger partial charge in [-0.05, 0) is 85.7 Å². The van der Waals surface area contributed by atoms with Gasteiger partial charge in [-0.1, -0.05) is 6.92 Å². The summed E-state index contributed by atoms with van der Waals surface area (Å²) < 4.78 is 59.7. The highest BCUT2D eigenvalue weighted by Crippen LogP contribution is 2.35. The highest BCUT2D eigenvalue weighted by molar-refractivity contribution is 5.95. The number of nitrogens with zero attached hydrogens (tertiary/aromatic N) is 3. The molecule has 4 fully saturated rings. The van der Waals surface area contributed by atoms with Crippen LogP contribution in [0.15, 0.2) is 47.4 Å². The first kappa shape index (κ1) is 32.6. The summed E-state index contributed by atoms with van der Waals surface area (Å²) in [6, 6.07) is 7.76. The number of piperidine rings is 1. The molecule has 2 atom stereocenters. The van der Waals surface area contributed by atoms with Crippen LogP contribution < -0.4 is 15.6 Å². The van der Waals surface area contributed by atoms with Crippen molar-refractivity contribution < 1.29 is 32.2 Å². The third-order valence-electron chi connectivity index (χ3n) is 10.1. The number of pyridine rings is 1. The van der Waals surface area contributed by atoms with Crippen LogP contribution in [0.3, 0.4) is 0 Å². The van der Waals surface area contributed by atoms with Crippen molar-refractivity contribution in [3.05, 3.63) is 69.9 Å². The minimum absolute atomic E-state index is 0.00956. The van der Waals surface area contributed by atoms with Crippen molar-refractivity contribution in [2.24, 2.45) is 11.8 Å². The fourth-order valence-electron chi connectivity index (χ4n) is 7.24. The minimum Gasteiger partial charge on any atom is -0.457 e. The lowest BCUT2D eigenvalue weighted by atomic mass is 9.96. The van der Waals surface area contributed by atoms with E-state index in [1.807, 2.05) is 13.0 Å². The van der Waals surface area contributed by atoms with Gasteiger partial charge in [0, 0.05) is 69.0 Å². The second kappa shape index (κ2) is 13.2. The molecule has 0 bridgehead atoms. The first-order valence-corrected chi connectivity index (χ1v) is 17.0. The van der Waals surface area contributed by atoms with Gasteiger partial charge in [-0.3, -0.25) is 19.3 Å². The van der Waals surface area contributed by atoms with E-state index in [1.54, 1.807) is 38.8 Å². The molecule has 48 heavy (non-hydrogen) atoms. The van der Waals surface area contributed by atoms with Crippen LogP contribution in [0, 0.1) is 17.7 Å². The topological polar surface area (TPSA) is 93.1 Å². The zero-order valence-corrected chi connectivity index (χ0v) is 27.1. The number of rotatable bonds is 9. The summed E-state index contributed by atoms with van der Waals surface area (Å²) >= 11 is 0. The zero-order chi connectivity index (χ0) is 33.6. The van der Waals surface area contributed by atoms with Gasteiger partial charge in [-0.15, -0.1) is 0 Å². The molecule has 256 valence electrons. The Morgan fingerprint density at radius 3 is 2.56 bits per heavy atom. The normalized spacial score (nSPS) is 23.5. The molecular weight excluding hydrogens is 625 g/mol. The molecule has 0 radical (unpaired) electrons. The van der Waals surface area contributed by atoms with Crippen LogP contribution in [0.4, 0.5) is 13.2 Å². The van der Waals surface area contributed by atoms with Crippen molar-refractivity contribution in [3.8, 4) is 11.5 Å². The van der Waals surface area contributed by atoms with E-state index in [-0.39, 0.29) is 42.1 Å². The van der Waals surface area contributed by atoms with E-state index in [9.17, 15) is 14.4 Å². The van der Waals surface area contributed by atoms with Gasteiger partial charge in [0.15, 0.2) is 0 Å². The van der Waals surface area contributed by atoms with Crippen LogP contribution in [0.1, 0.15) is 61.4 Å². The summed E-state index contributed by atoms with van der Waals surface area (Å²) in [7, 11) is 0. The molecule has 1 N–H and O–H groups in total. The first-order valence-electron chi connectivity index (χ1n) is 17.0. The predicted octanol–water partition coefficient (Wildman–Crippen LogP) is 5.33. The molecule has 3 aliphatic heterocycles. The van der Waals surface area contributed by atoms with Crippen molar-refractivity contribution in [1.82, 2.24) is 19.7 Å². The van der Waals surface area contributed by atoms with Crippen LogP contribution >= 0.6 is 0 Å². The number of hydrogen-bond acceptors (Lipinski definition) is 6. The van der Waals surface area contributed by atoms with Crippen LogP contribution in [0.2, 0.25) is 0 Å². The third-order valence-corrected chi connectivity index (χ3v) is 10.1. The van der Waals surface area contributed by atoms with Gasteiger partial charge >= 0.3 is 0 Å². The number of carbonyl (C=O) groups is 2. The Morgan fingerprint density at radius 1 is 1.06 bits per heavy atom. The molecule has 1 saturated carbocycles. The number of nitrogens with one attached hydrogen (secondary N) is 1. The molecule has 7 rings (SSSR count). The summed E-state index contributed by atoms with van der Waals surface area (Å²) in [6.07, 6.45) is 5.78. The number of ether oxygens (including phenoxy) is 2. The maximum Gasteiger partial charge on any atom is 0.280 e. The van der Waals surface area contributed by atoms with Crippen molar-refractivity contribution in [1.29, 1.82) is 0 Å². The van der Waals surface area contributed by atoms with Crippen molar-refractivity contribution in [2.45, 2.75) is 76.5 Å². The molecule has 3 aromatic rings.